The topological polar surface area (TPSA) is 23.5 Å². The first kappa shape index (κ1) is 10.2. The highest BCUT2D eigenvalue weighted by Crippen LogP contribution is 2.39. The molecule has 0 bridgehead atoms. The number of rotatable bonds is 1. The van der Waals surface area contributed by atoms with Gasteiger partial charge in [-0.05, 0) is 36.1 Å². The van der Waals surface area contributed by atoms with Crippen LogP contribution in [0.15, 0.2) is 18.2 Å². The maximum Gasteiger partial charge on any atom is 0.115 e. The minimum Gasteiger partial charge on any atom is -0.508 e. The zero-order chi connectivity index (χ0) is 11.3. The van der Waals surface area contributed by atoms with Crippen LogP contribution in [0, 0.1) is 0 Å². The highest BCUT2D eigenvalue weighted by molar-refractivity contribution is 5.41. The summed E-state index contributed by atoms with van der Waals surface area (Å²) < 4.78 is 0. The molecule has 0 aromatic heterocycles. The lowest BCUT2D eigenvalue weighted by molar-refractivity contribution is 0.184. The lowest BCUT2D eigenvalue weighted by atomic mass is 9.78. The van der Waals surface area contributed by atoms with Gasteiger partial charge >= 0.3 is 0 Å². The molecule has 0 radical (unpaired) electrons. The van der Waals surface area contributed by atoms with E-state index in [0.717, 1.165) is 19.1 Å². The van der Waals surface area contributed by atoms with Crippen LogP contribution in [0.2, 0.25) is 0 Å². The van der Waals surface area contributed by atoms with Crippen molar-refractivity contribution in [3.63, 3.8) is 0 Å². The van der Waals surface area contributed by atoms with E-state index in [1.165, 1.54) is 24.0 Å². The molecular weight excluding hydrogens is 198 g/mol. The van der Waals surface area contributed by atoms with E-state index in [9.17, 15) is 5.11 Å². The predicted octanol–water partition coefficient (Wildman–Crippen LogP) is 2.65. The maximum atomic E-state index is 9.59. The van der Waals surface area contributed by atoms with Gasteiger partial charge in [0.1, 0.15) is 5.75 Å². The quantitative estimate of drug-likeness (QED) is 0.781. The maximum absolute atomic E-state index is 9.59. The van der Waals surface area contributed by atoms with Crippen LogP contribution in [0.25, 0.3) is 0 Å². The molecule has 1 saturated carbocycles. The second-order valence-electron chi connectivity index (χ2n) is 5.86. The average molecular weight is 217 g/mol. The summed E-state index contributed by atoms with van der Waals surface area (Å²) in [6, 6.07) is 6.66. The summed E-state index contributed by atoms with van der Waals surface area (Å²) >= 11 is 0. The molecule has 2 heteroatoms. The Morgan fingerprint density at radius 3 is 2.75 bits per heavy atom. The summed E-state index contributed by atoms with van der Waals surface area (Å²) in [7, 11) is 0. The molecule has 3 rings (SSSR count). The summed E-state index contributed by atoms with van der Waals surface area (Å²) in [5.41, 5.74) is 2.87. The van der Waals surface area contributed by atoms with Crippen LogP contribution >= 0.6 is 0 Å². The zero-order valence-electron chi connectivity index (χ0n) is 10.0. The van der Waals surface area contributed by atoms with Gasteiger partial charge in [-0.3, -0.25) is 4.90 Å². The fraction of sp³-hybridized carbons (Fsp3) is 0.571. The molecule has 0 spiro atoms. The van der Waals surface area contributed by atoms with Crippen LogP contribution in [-0.2, 0) is 12.0 Å². The van der Waals surface area contributed by atoms with Gasteiger partial charge < -0.3 is 5.11 Å². The molecule has 1 aliphatic carbocycles. The molecule has 2 nitrogen and oxygen atoms in total. The predicted molar refractivity (Wildman–Crippen MR) is 64.6 cm³/mol. The summed E-state index contributed by atoms with van der Waals surface area (Å²) in [6.07, 6.45) is 2.73. The smallest absolute Gasteiger partial charge is 0.115 e. The van der Waals surface area contributed by atoms with E-state index >= 15 is 0 Å². The monoisotopic (exact) mass is 217 g/mol. The van der Waals surface area contributed by atoms with Crippen LogP contribution in [0.4, 0.5) is 0 Å². The van der Waals surface area contributed by atoms with Gasteiger partial charge in [0.05, 0.1) is 0 Å². The SMILES string of the molecule is CC1(C)CN(C2CC2)Cc2ccc(O)cc21. The minimum atomic E-state index is 0.162. The Bertz CT molecular complexity index is 421. The van der Waals surface area contributed by atoms with Crippen molar-refractivity contribution in [2.75, 3.05) is 6.54 Å². The third kappa shape index (κ3) is 1.61. The fourth-order valence-corrected chi connectivity index (χ4v) is 2.90. The molecule has 2 aliphatic rings. The van der Waals surface area contributed by atoms with E-state index in [1.54, 1.807) is 0 Å². The fourth-order valence-electron chi connectivity index (χ4n) is 2.90. The number of phenolic OH excluding ortho intramolecular Hbond substituents is 1. The molecule has 16 heavy (non-hydrogen) atoms. The van der Waals surface area contributed by atoms with E-state index in [2.05, 4.69) is 24.8 Å². The molecule has 0 saturated heterocycles. The number of nitrogens with zero attached hydrogens (tertiary/aromatic N) is 1. The number of aromatic hydroxyl groups is 1. The molecule has 1 aromatic rings. The van der Waals surface area contributed by atoms with Crippen molar-refractivity contribution < 1.29 is 5.11 Å². The first-order valence-electron chi connectivity index (χ1n) is 6.13. The van der Waals surface area contributed by atoms with E-state index < -0.39 is 0 Å². The van der Waals surface area contributed by atoms with Crippen LogP contribution in [-0.4, -0.2) is 22.6 Å². The number of hydrogen-bond donors (Lipinski definition) is 1. The van der Waals surface area contributed by atoms with Crippen molar-refractivity contribution in [2.24, 2.45) is 0 Å². The summed E-state index contributed by atoms with van der Waals surface area (Å²) in [6.45, 7) is 6.73. The highest BCUT2D eigenvalue weighted by Gasteiger charge is 2.38. The molecule has 1 aromatic carbocycles. The van der Waals surface area contributed by atoms with Gasteiger partial charge in [0.25, 0.3) is 0 Å². The molecule has 0 atom stereocenters. The third-order valence-electron chi connectivity index (χ3n) is 3.86. The minimum absolute atomic E-state index is 0.162. The van der Waals surface area contributed by atoms with E-state index in [-0.39, 0.29) is 5.41 Å². The zero-order valence-corrected chi connectivity index (χ0v) is 10.0. The van der Waals surface area contributed by atoms with Crippen LogP contribution < -0.4 is 0 Å². The summed E-state index contributed by atoms with van der Waals surface area (Å²) in [5, 5.41) is 9.59. The van der Waals surface area contributed by atoms with Crippen LogP contribution in [0.5, 0.6) is 5.75 Å². The lowest BCUT2D eigenvalue weighted by Gasteiger charge is -2.40. The van der Waals surface area contributed by atoms with Crippen molar-refractivity contribution in [2.45, 2.75) is 44.7 Å². The Morgan fingerprint density at radius 2 is 2.06 bits per heavy atom. The Balaban J connectivity index is 2.00. The van der Waals surface area contributed by atoms with E-state index in [0.29, 0.717) is 5.75 Å². The van der Waals surface area contributed by atoms with Crippen molar-refractivity contribution in [1.82, 2.24) is 4.90 Å². The molecule has 0 amide bonds. The molecule has 0 unspecified atom stereocenters. The van der Waals surface area contributed by atoms with Gasteiger partial charge in [0, 0.05) is 24.5 Å². The Morgan fingerprint density at radius 1 is 1.31 bits per heavy atom. The second kappa shape index (κ2) is 3.24. The third-order valence-corrected chi connectivity index (χ3v) is 3.86. The molecule has 86 valence electrons. The Hall–Kier alpha value is -1.02. The number of phenols is 1. The molecule has 1 heterocycles. The van der Waals surface area contributed by atoms with Gasteiger partial charge in [-0.2, -0.15) is 0 Å². The average Bonchev–Trinajstić information content (AvgIpc) is 3.01. The van der Waals surface area contributed by atoms with Crippen LogP contribution in [0.3, 0.4) is 0 Å². The Kier molecular flexibility index (Phi) is 2.05. The molecule has 1 fully saturated rings. The van der Waals surface area contributed by atoms with Gasteiger partial charge in [0.15, 0.2) is 0 Å². The van der Waals surface area contributed by atoms with Gasteiger partial charge in [-0.25, -0.2) is 0 Å². The molecule has 1 N–H and O–H groups in total. The van der Waals surface area contributed by atoms with Crippen molar-refractivity contribution in [3.8, 4) is 5.75 Å². The van der Waals surface area contributed by atoms with Crippen molar-refractivity contribution >= 4 is 0 Å². The lowest BCUT2D eigenvalue weighted by Crippen LogP contribution is -2.43. The van der Waals surface area contributed by atoms with E-state index in [1.807, 2.05) is 12.1 Å². The standard InChI is InChI=1S/C14H19NO/c1-14(2)9-15(11-4-5-11)8-10-3-6-12(16)7-13(10)14/h3,6-7,11,16H,4-5,8-9H2,1-2H3. The first-order valence-corrected chi connectivity index (χ1v) is 6.13. The van der Waals surface area contributed by atoms with Crippen molar-refractivity contribution in [3.05, 3.63) is 29.3 Å². The normalized spacial score (nSPS) is 24.1. The number of hydrogen-bond acceptors (Lipinski definition) is 2. The van der Waals surface area contributed by atoms with Gasteiger partial charge in [-0.15, -0.1) is 0 Å². The Labute approximate surface area is 96.9 Å². The van der Waals surface area contributed by atoms with Gasteiger partial charge in [0.2, 0.25) is 0 Å². The molecule has 1 aliphatic heterocycles. The number of fused-ring (bicyclic) bond motifs is 1. The first-order chi connectivity index (χ1) is 7.56. The van der Waals surface area contributed by atoms with Crippen molar-refractivity contribution in [1.29, 1.82) is 0 Å². The summed E-state index contributed by atoms with van der Waals surface area (Å²) in [4.78, 5) is 2.60. The van der Waals surface area contributed by atoms with Crippen LogP contribution in [0.1, 0.15) is 37.8 Å². The van der Waals surface area contributed by atoms with Gasteiger partial charge in [-0.1, -0.05) is 19.9 Å². The summed E-state index contributed by atoms with van der Waals surface area (Å²) in [5.74, 6) is 0.395. The largest absolute Gasteiger partial charge is 0.508 e. The number of benzene rings is 1. The molecular formula is C14H19NO. The second-order valence-corrected chi connectivity index (χ2v) is 5.86. The van der Waals surface area contributed by atoms with E-state index in [4.69, 9.17) is 0 Å². The highest BCUT2D eigenvalue weighted by atomic mass is 16.3.